The maximum atomic E-state index is 9.43. The minimum Gasteiger partial charge on any atom is -0.508 e. The Balaban J connectivity index is 2.52. The highest BCUT2D eigenvalue weighted by Crippen LogP contribution is 2.31. The second kappa shape index (κ2) is 2.91. The molecule has 0 unspecified atom stereocenters. The van der Waals surface area contributed by atoms with E-state index in [0.29, 0.717) is 5.56 Å². The zero-order valence-electron chi connectivity index (χ0n) is 7.01. The molecule has 0 amide bonds. The molecule has 0 fully saturated rings. The van der Waals surface area contributed by atoms with Crippen molar-refractivity contribution in [1.29, 1.82) is 0 Å². The first-order valence-corrected chi connectivity index (χ1v) is 3.78. The topological polar surface area (TPSA) is 105 Å². The van der Waals surface area contributed by atoms with E-state index in [1.807, 2.05) is 0 Å². The molecule has 0 atom stereocenters. The third-order valence-corrected chi connectivity index (χ3v) is 1.65. The molecule has 0 saturated heterocycles. The SMILES string of the molecule is Nc1nnc(-c2ccc(O)cc2O)o1. The van der Waals surface area contributed by atoms with E-state index in [2.05, 4.69) is 10.2 Å². The quantitative estimate of drug-likeness (QED) is 0.616. The van der Waals surface area contributed by atoms with Crippen molar-refractivity contribution >= 4 is 6.01 Å². The molecule has 0 radical (unpaired) electrons. The molecule has 14 heavy (non-hydrogen) atoms. The smallest absolute Gasteiger partial charge is 0.313 e. The van der Waals surface area contributed by atoms with Gasteiger partial charge in [-0.15, -0.1) is 5.10 Å². The van der Waals surface area contributed by atoms with E-state index < -0.39 is 0 Å². The van der Waals surface area contributed by atoms with Crippen LogP contribution in [0, 0.1) is 0 Å². The van der Waals surface area contributed by atoms with Gasteiger partial charge in [-0.25, -0.2) is 0 Å². The summed E-state index contributed by atoms with van der Waals surface area (Å²) >= 11 is 0. The first-order chi connectivity index (χ1) is 6.66. The minimum atomic E-state index is -0.145. The Labute approximate surface area is 78.6 Å². The average Bonchev–Trinajstić information content (AvgIpc) is 2.51. The molecule has 1 aromatic heterocycles. The van der Waals surface area contributed by atoms with Crippen molar-refractivity contribution in [2.75, 3.05) is 5.73 Å². The number of anilines is 1. The number of nitrogen functional groups attached to an aromatic ring is 1. The van der Waals surface area contributed by atoms with Crippen molar-refractivity contribution in [2.45, 2.75) is 0 Å². The number of nitrogens with two attached hydrogens (primary N) is 1. The number of aromatic nitrogens is 2. The molecule has 0 bridgehead atoms. The number of hydrogen-bond donors (Lipinski definition) is 3. The Hall–Kier alpha value is -2.24. The van der Waals surface area contributed by atoms with Crippen molar-refractivity contribution in [3.05, 3.63) is 18.2 Å². The highest BCUT2D eigenvalue weighted by Gasteiger charge is 2.11. The highest BCUT2D eigenvalue weighted by atomic mass is 16.4. The summed E-state index contributed by atoms with van der Waals surface area (Å²) in [6.07, 6.45) is 0. The molecular weight excluding hydrogens is 186 g/mol. The highest BCUT2D eigenvalue weighted by molar-refractivity contribution is 5.63. The predicted molar refractivity (Wildman–Crippen MR) is 47.5 cm³/mol. The van der Waals surface area contributed by atoms with Gasteiger partial charge in [0.1, 0.15) is 11.5 Å². The van der Waals surface area contributed by atoms with Gasteiger partial charge in [-0.2, -0.15) is 0 Å². The molecule has 4 N–H and O–H groups in total. The predicted octanol–water partition coefficient (Wildman–Crippen LogP) is 0.730. The Morgan fingerprint density at radius 2 is 2.00 bits per heavy atom. The third kappa shape index (κ3) is 1.33. The monoisotopic (exact) mass is 193 g/mol. The van der Waals surface area contributed by atoms with E-state index in [-0.39, 0.29) is 23.4 Å². The van der Waals surface area contributed by atoms with Gasteiger partial charge in [0.15, 0.2) is 0 Å². The number of benzene rings is 1. The molecule has 1 aromatic carbocycles. The van der Waals surface area contributed by atoms with Crippen LogP contribution in [-0.2, 0) is 0 Å². The normalized spacial score (nSPS) is 10.3. The lowest BCUT2D eigenvalue weighted by molar-refractivity contribution is 0.450. The molecular formula is C8H7N3O3. The van der Waals surface area contributed by atoms with Gasteiger partial charge in [-0.3, -0.25) is 0 Å². The summed E-state index contributed by atoms with van der Waals surface area (Å²) < 4.78 is 4.90. The van der Waals surface area contributed by atoms with Crippen LogP contribution >= 0.6 is 0 Å². The first-order valence-electron chi connectivity index (χ1n) is 3.78. The summed E-state index contributed by atoms with van der Waals surface area (Å²) in [6.45, 7) is 0. The second-order valence-electron chi connectivity index (χ2n) is 2.65. The molecule has 0 aliphatic rings. The zero-order valence-corrected chi connectivity index (χ0v) is 7.01. The van der Waals surface area contributed by atoms with Crippen molar-refractivity contribution in [2.24, 2.45) is 0 Å². The maximum absolute atomic E-state index is 9.43. The summed E-state index contributed by atoms with van der Waals surface area (Å²) in [6, 6.07) is 3.95. The van der Waals surface area contributed by atoms with E-state index in [0.717, 1.165) is 0 Å². The molecule has 6 nitrogen and oxygen atoms in total. The number of nitrogens with zero attached hydrogens (tertiary/aromatic N) is 2. The van der Waals surface area contributed by atoms with Crippen LogP contribution in [0.15, 0.2) is 22.6 Å². The van der Waals surface area contributed by atoms with E-state index in [1.165, 1.54) is 18.2 Å². The lowest BCUT2D eigenvalue weighted by Gasteiger charge is -1.99. The van der Waals surface area contributed by atoms with Gasteiger partial charge in [0.2, 0.25) is 0 Å². The summed E-state index contributed by atoms with van der Waals surface area (Å²) in [5, 5.41) is 25.5. The average molecular weight is 193 g/mol. The van der Waals surface area contributed by atoms with Gasteiger partial charge in [-0.05, 0) is 12.1 Å². The summed E-state index contributed by atoms with van der Waals surface area (Å²) in [5.41, 5.74) is 5.55. The van der Waals surface area contributed by atoms with Gasteiger partial charge in [-0.1, -0.05) is 5.10 Å². The van der Waals surface area contributed by atoms with Crippen molar-refractivity contribution in [1.82, 2.24) is 10.2 Å². The van der Waals surface area contributed by atoms with Gasteiger partial charge in [0.25, 0.3) is 5.89 Å². The van der Waals surface area contributed by atoms with Crippen LogP contribution in [0.25, 0.3) is 11.5 Å². The van der Waals surface area contributed by atoms with E-state index in [1.54, 1.807) is 0 Å². The van der Waals surface area contributed by atoms with E-state index in [4.69, 9.17) is 15.3 Å². The standard InChI is InChI=1S/C8H7N3O3/c9-8-11-10-7(14-8)5-2-1-4(12)3-6(5)13/h1-3,12-13H,(H2,9,11). The van der Waals surface area contributed by atoms with Crippen LogP contribution in [-0.4, -0.2) is 20.4 Å². The van der Waals surface area contributed by atoms with E-state index in [9.17, 15) is 5.11 Å². The second-order valence-corrected chi connectivity index (χ2v) is 2.65. The van der Waals surface area contributed by atoms with Crippen molar-refractivity contribution in [3.63, 3.8) is 0 Å². The van der Waals surface area contributed by atoms with Crippen LogP contribution in [0.1, 0.15) is 0 Å². The lowest BCUT2D eigenvalue weighted by atomic mass is 10.2. The maximum Gasteiger partial charge on any atom is 0.313 e. The van der Waals surface area contributed by atoms with Crippen LogP contribution in [0.3, 0.4) is 0 Å². The Morgan fingerprint density at radius 1 is 1.21 bits per heavy atom. The fourth-order valence-electron chi connectivity index (χ4n) is 1.04. The number of rotatable bonds is 1. The van der Waals surface area contributed by atoms with Crippen LogP contribution in [0.2, 0.25) is 0 Å². The van der Waals surface area contributed by atoms with Crippen LogP contribution in [0.4, 0.5) is 6.01 Å². The zero-order chi connectivity index (χ0) is 10.1. The molecule has 0 saturated carbocycles. The molecule has 2 rings (SSSR count). The van der Waals surface area contributed by atoms with Crippen molar-refractivity contribution < 1.29 is 14.6 Å². The molecule has 6 heteroatoms. The minimum absolute atomic E-state index is 0.0428. The fraction of sp³-hybridized carbons (Fsp3) is 0. The summed E-state index contributed by atoms with van der Waals surface area (Å²) in [5.74, 6) is -0.0765. The van der Waals surface area contributed by atoms with Gasteiger partial charge < -0.3 is 20.4 Å². The number of aromatic hydroxyl groups is 2. The van der Waals surface area contributed by atoms with Gasteiger partial charge in [0, 0.05) is 6.07 Å². The first kappa shape index (κ1) is 8.36. The molecule has 0 aliphatic heterocycles. The number of hydrogen-bond acceptors (Lipinski definition) is 6. The third-order valence-electron chi connectivity index (χ3n) is 1.65. The summed E-state index contributed by atoms with van der Waals surface area (Å²) in [7, 11) is 0. The van der Waals surface area contributed by atoms with E-state index >= 15 is 0 Å². The molecule has 1 heterocycles. The molecule has 72 valence electrons. The van der Waals surface area contributed by atoms with Crippen molar-refractivity contribution in [3.8, 4) is 23.0 Å². The largest absolute Gasteiger partial charge is 0.508 e. The van der Waals surface area contributed by atoms with Crippen LogP contribution in [0.5, 0.6) is 11.5 Å². The number of phenolic OH excluding ortho intramolecular Hbond substituents is 2. The van der Waals surface area contributed by atoms with Gasteiger partial charge in [0.05, 0.1) is 5.56 Å². The van der Waals surface area contributed by atoms with Gasteiger partial charge >= 0.3 is 6.01 Å². The Morgan fingerprint density at radius 3 is 2.57 bits per heavy atom. The molecule has 0 aliphatic carbocycles. The lowest BCUT2D eigenvalue weighted by Crippen LogP contribution is -1.81. The summed E-state index contributed by atoms with van der Waals surface area (Å²) in [4.78, 5) is 0. The molecule has 2 aromatic rings. The Bertz CT molecular complexity index is 467. The molecule has 0 spiro atoms. The fourth-order valence-corrected chi connectivity index (χ4v) is 1.04. The van der Waals surface area contributed by atoms with Crippen LogP contribution < -0.4 is 5.73 Å². The Kier molecular flexibility index (Phi) is 1.74. The number of phenols is 2.